The van der Waals surface area contributed by atoms with Crippen LogP contribution in [0.15, 0.2) is 108 Å². The normalized spacial score (nSPS) is 11.3. The minimum absolute atomic E-state index is 0.0512. The van der Waals surface area contributed by atoms with E-state index in [0.717, 1.165) is 16.7 Å². The molecule has 1 aromatic heterocycles. The molecule has 1 heterocycles. The van der Waals surface area contributed by atoms with Crippen molar-refractivity contribution in [2.24, 2.45) is 0 Å². The lowest BCUT2D eigenvalue weighted by atomic mass is 10.1. The first-order valence-corrected chi connectivity index (χ1v) is 14.8. The van der Waals surface area contributed by atoms with Gasteiger partial charge in [-0.05, 0) is 30.2 Å². The molecular formula is C29H30N4O3S2. The summed E-state index contributed by atoms with van der Waals surface area (Å²) < 4.78 is 27.7. The maximum Gasteiger partial charge on any atom is 0.233 e. The average Bonchev–Trinajstić information content (AvgIpc) is 3.28. The van der Waals surface area contributed by atoms with E-state index in [-0.39, 0.29) is 22.3 Å². The van der Waals surface area contributed by atoms with Crippen LogP contribution in [-0.4, -0.2) is 39.7 Å². The zero-order valence-corrected chi connectivity index (χ0v) is 22.9. The molecule has 0 aliphatic rings. The van der Waals surface area contributed by atoms with Gasteiger partial charge in [-0.3, -0.25) is 4.79 Å². The Hall–Kier alpha value is -3.69. The lowest BCUT2D eigenvalue weighted by Crippen LogP contribution is -2.31. The minimum Gasteiger partial charge on any atom is -0.333 e. The van der Waals surface area contributed by atoms with Crippen LogP contribution in [0.1, 0.15) is 22.5 Å². The van der Waals surface area contributed by atoms with E-state index in [9.17, 15) is 13.2 Å². The molecule has 7 nitrogen and oxygen atoms in total. The van der Waals surface area contributed by atoms with E-state index < -0.39 is 9.84 Å². The van der Waals surface area contributed by atoms with Crippen molar-refractivity contribution in [2.45, 2.75) is 42.4 Å². The van der Waals surface area contributed by atoms with Gasteiger partial charge in [0.15, 0.2) is 15.0 Å². The van der Waals surface area contributed by atoms with Gasteiger partial charge >= 0.3 is 0 Å². The van der Waals surface area contributed by atoms with E-state index in [4.69, 9.17) is 0 Å². The Kier molecular flexibility index (Phi) is 9.15. The molecule has 0 atom stereocenters. The van der Waals surface area contributed by atoms with Crippen LogP contribution in [0, 0.1) is 6.92 Å². The minimum atomic E-state index is -3.61. The van der Waals surface area contributed by atoms with Crippen LogP contribution in [0.2, 0.25) is 0 Å². The van der Waals surface area contributed by atoms with Crippen molar-refractivity contribution >= 4 is 27.5 Å². The van der Waals surface area contributed by atoms with E-state index in [1.807, 2.05) is 72.5 Å². The van der Waals surface area contributed by atoms with Gasteiger partial charge in [-0.25, -0.2) is 8.42 Å². The standard InChI is InChI=1S/C29H30N4O3S2/c1-3-18-33-27(22-38(35,36)26-16-14-23(2)15-17-26)30-31-29(33)37-21-28(34)32(19-24-10-6-4-7-11-24)20-25-12-8-5-9-13-25/h3-17H,1,18-22H2,2H3. The number of aryl methyl sites for hydroxylation is 1. The zero-order valence-electron chi connectivity index (χ0n) is 21.2. The van der Waals surface area contributed by atoms with Gasteiger partial charge in [0, 0.05) is 19.6 Å². The van der Waals surface area contributed by atoms with Crippen molar-refractivity contribution < 1.29 is 13.2 Å². The Morgan fingerprint density at radius 1 is 0.921 bits per heavy atom. The number of hydrogen-bond acceptors (Lipinski definition) is 6. The van der Waals surface area contributed by atoms with Gasteiger partial charge in [-0.2, -0.15) is 0 Å². The molecule has 0 bridgehead atoms. The number of sulfone groups is 1. The van der Waals surface area contributed by atoms with Crippen LogP contribution in [0.4, 0.5) is 0 Å². The molecule has 4 rings (SSSR count). The molecule has 38 heavy (non-hydrogen) atoms. The van der Waals surface area contributed by atoms with Crippen LogP contribution in [-0.2, 0) is 40.0 Å². The van der Waals surface area contributed by atoms with Crippen LogP contribution >= 0.6 is 11.8 Å². The Morgan fingerprint density at radius 2 is 1.50 bits per heavy atom. The van der Waals surface area contributed by atoms with E-state index in [2.05, 4.69) is 16.8 Å². The van der Waals surface area contributed by atoms with E-state index >= 15 is 0 Å². The number of hydrogen-bond donors (Lipinski definition) is 0. The summed E-state index contributed by atoms with van der Waals surface area (Å²) in [4.78, 5) is 15.4. The second-order valence-electron chi connectivity index (χ2n) is 8.88. The molecule has 0 saturated carbocycles. The topological polar surface area (TPSA) is 85.2 Å². The van der Waals surface area contributed by atoms with Crippen LogP contribution in [0.5, 0.6) is 0 Å². The monoisotopic (exact) mass is 546 g/mol. The lowest BCUT2D eigenvalue weighted by molar-refractivity contribution is -0.129. The molecule has 9 heteroatoms. The molecule has 0 aliphatic carbocycles. The van der Waals surface area contributed by atoms with E-state index in [1.165, 1.54) is 11.8 Å². The predicted octanol–water partition coefficient (Wildman–Crippen LogP) is 5.07. The summed E-state index contributed by atoms with van der Waals surface area (Å²) in [5.41, 5.74) is 3.07. The molecule has 0 aliphatic heterocycles. The first-order chi connectivity index (χ1) is 18.4. The van der Waals surface area contributed by atoms with Gasteiger partial charge < -0.3 is 9.47 Å². The molecule has 196 valence electrons. The molecule has 0 radical (unpaired) electrons. The predicted molar refractivity (Wildman–Crippen MR) is 150 cm³/mol. The Balaban J connectivity index is 1.50. The number of rotatable bonds is 12. The van der Waals surface area contributed by atoms with Gasteiger partial charge in [-0.1, -0.05) is 96.2 Å². The fourth-order valence-corrected chi connectivity index (χ4v) is 6.04. The molecule has 0 unspecified atom stereocenters. The third-order valence-electron chi connectivity index (χ3n) is 5.91. The highest BCUT2D eigenvalue weighted by atomic mass is 32.2. The highest BCUT2D eigenvalue weighted by Gasteiger charge is 2.23. The Morgan fingerprint density at radius 3 is 2.05 bits per heavy atom. The number of allylic oxidation sites excluding steroid dienone is 1. The number of benzene rings is 3. The summed E-state index contributed by atoms with van der Waals surface area (Å²) in [6, 6.07) is 26.5. The summed E-state index contributed by atoms with van der Waals surface area (Å²) in [5, 5.41) is 8.86. The summed E-state index contributed by atoms with van der Waals surface area (Å²) in [6.45, 7) is 6.99. The smallest absolute Gasteiger partial charge is 0.233 e. The van der Waals surface area contributed by atoms with Crippen molar-refractivity contribution in [3.05, 3.63) is 120 Å². The summed E-state index contributed by atoms with van der Waals surface area (Å²) in [6.07, 6.45) is 1.66. The fraction of sp³-hybridized carbons (Fsp3) is 0.207. The van der Waals surface area contributed by atoms with Crippen molar-refractivity contribution in [1.29, 1.82) is 0 Å². The van der Waals surface area contributed by atoms with Gasteiger partial charge in [0.25, 0.3) is 0 Å². The number of carbonyl (C=O) groups excluding carboxylic acids is 1. The maximum absolute atomic E-state index is 13.4. The second-order valence-corrected chi connectivity index (χ2v) is 11.8. The first kappa shape index (κ1) is 27.3. The van der Waals surface area contributed by atoms with Crippen LogP contribution in [0.3, 0.4) is 0 Å². The molecule has 0 fully saturated rings. The largest absolute Gasteiger partial charge is 0.333 e. The highest BCUT2D eigenvalue weighted by Crippen LogP contribution is 2.22. The number of carbonyl (C=O) groups is 1. The zero-order chi connectivity index (χ0) is 27.0. The van der Waals surface area contributed by atoms with Crippen molar-refractivity contribution in [3.8, 4) is 0 Å². The number of aromatic nitrogens is 3. The molecule has 0 saturated heterocycles. The highest BCUT2D eigenvalue weighted by molar-refractivity contribution is 7.99. The van der Waals surface area contributed by atoms with Crippen molar-refractivity contribution in [2.75, 3.05) is 5.75 Å². The molecule has 1 amide bonds. The Bertz CT molecular complexity index is 1430. The Labute approximate surface area is 228 Å². The molecule has 0 N–H and O–H groups in total. The lowest BCUT2D eigenvalue weighted by Gasteiger charge is -2.23. The molecule has 0 spiro atoms. The SMILES string of the molecule is C=CCn1c(CS(=O)(=O)c2ccc(C)cc2)nnc1SCC(=O)N(Cc1ccccc1)Cc1ccccc1. The first-order valence-electron chi connectivity index (χ1n) is 12.2. The summed E-state index contributed by atoms with van der Waals surface area (Å²) in [7, 11) is -3.61. The van der Waals surface area contributed by atoms with Crippen molar-refractivity contribution in [3.63, 3.8) is 0 Å². The van der Waals surface area contributed by atoms with Gasteiger partial charge in [0.2, 0.25) is 5.91 Å². The number of nitrogens with zero attached hydrogens (tertiary/aromatic N) is 4. The third kappa shape index (κ3) is 7.20. The molecular weight excluding hydrogens is 516 g/mol. The summed E-state index contributed by atoms with van der Waals surface area (Å²) >= 11 is 1.24. The van der Waals surface area contributed by atoms with Gasteiger partial charge in [-0.15, -0.1) is 16.8 Å². The second kappa shape index (κ2) is 12.7. The quantitative estimate of drug-likeness (QED) is 0.182. The van der Waals surface area contributed by atoms with Crippen LogP contribution in [0.25, 0.3) is 0 Å². The molecule has 4 aromatic rings. The third-order valence-corrected chi connectivity index (χ3v) is 8.49. The molecule has 3 aromatic carbocycles. The van der Waals surface area contributed by atoms with E-state index in [0.29, 0.717) is 30.6 Å². The number of thioether (sulfide) groups is 1. The van der Waals surface area contributed by atoms with Crippen LogP contribution < -0.4 is 0 Å². The van der Waals surface area contributed by atoms with Crippen molar-refractivity contribution in [1.82, 2.24) is 19.7 Å². The fourth-order valence-electron chi connectivity index (χ4n) is 3.90. The van der Waals surface area contributed by atoms with E-state index in [1.54, 1.807) is 34.9 Å². The van der Waals surface area contributed by atoms with Gasteiger partial charge in [0.1, 0.15) is 11.6 Å². The van der Waals surface area contributed by atoms with Gasteiger partial charge in [0.05, 0.1) is 10.6 Å². The maximum atomic E-state index is 13.4. The number of amides is 1. The average molecular weight is 547 g/mol. The summed E-state index contributed by atoms with van der Waals surface area (Å²) in [5.74, 6) is 0.106.